The van der Waals surface area contributed by atoms with Gasteiger partial charge in [-0.15, -0.1) is 9.42 Å². The standard InChI is InChI=1S/C10H22NO3PSi2/c1-16(2,3)10(9-11,17(4,5)6)7-8-14-15(12)13/h7-8H2,1-6H3/p+1. The molecule has 0 fully saturated rings. The minimum Gasteiger partial charge on any atom is -0.198 e. The average molecular weight is 292 g/mol. The predicted octanol–water partition coefficient (Wildman–Crippen LogP) is 3.52. The van der Waals surface area contributed by atoms with Crippen molar-refractivity contribution >= 4 is 24.4 Å². The van der Waals surface area contributed by atoms with Gasteiger partial charge in [-0.2, -0.15) is 5.26 Å². The van der Waals surface area contributed by atoms with Gasteiger partial charge < -0.3 is 0 Å². The van der Waals surface area contributed by atoms with Crippen molar-refractivity contribution in [3.05, 3.63) is 0 Å². The van der Waals surface area contributed by atoms with Gasteiger partial charge in [0.25, 0.3) is 0 Å². The van der Waals surface area contributed by atoms with Crippen LogP contribution in [0.3, 0.4) is 0 Å². The molecule has 0 aromatic carbocycles. The lowest BCUT2D eigenvalue weighted by Crippen LogP contribution is -2.54. The average Bonchev–Trinajstić information content (AvgIpc) is 2.07. The quantitative estimate of drug-likeness (QED) is 0.600. The van der Waals surface area contributed by atoms with Crippen LogP contribution in [-0.2, 0) is 9.09 Å². The molecule has 4 nitrogen and oxygen atoms in total. The molecule has 0 heterocycles. The molecule has 0 aliphatic heterocycles. The molecule has 7 heteroatoms. The van der Waals surface area contributed by atoms with Crippen LogP contribution in [0.2, 0.25) is 43.9 Å². The first-order valence-corrected chi connectivity index (χ1v) is 13.8. The second-order valence-corrected chi connectivity index (χ2v) is 18.3. The Morgan fingerprint density at radius 2 is 1.65 bits per heavy atom. The Labute approximate surface area is 107 Å². The van der Waals surface area contributed by atoms with E-state index in [2.05, 4.69) is 45.4 Å². The smallest absolute Gasteiger partial charge is 0.198 e. The summed E-state index contributed by atoms with van der Waals surface area (Å²) in [6.07, 6.45) is 0.566. The van der Waals surface area contributed by atoms with Gasteiger partial charge in [-0.1, -0.05) is 39.3 Å². The second-order valence-electron chi connectivity index (χ2n) is 6.34. The fourth-order valence-corrected chi connectivity index (χ4v) is 14.2. The van der Waals surface area contributed by atoms with Crippen molar-refractivity contribution in [3.8, 4) is 6.07 Å². The molecule has 0 saturated heterocycles. The molecule has 0 bridgehead atoms. The van der Waals surface area contributed by atoms with Gasteiger partial charge in [0, 0.05) is 9.23 Å². The van der Waals surface area contributed by atoms with Crippen LogP contribution in [0.1, 0.15) is 6.42 Å². The van der Waals surface area contributed by atoms with E-state index in [9.17, 15) is 9.83 Å². The maximum absolute atomic E-state index is 10.5. The van der Waals surface area contributed by atoms with Crippen LogP contribution in [0.5, 0.6) is 0 Å². The summed E-state index contributed by atoms with van der Waals surface area (Å²) in [5.74, 6) is 0. The van der Waals surface area contributed by atoms with E-state index in [0.29, 0.717) is 6.42 Å². The van der Waals surface area contributed by atoms with Crippen molar-refractivity contribution in [1.82, 2.24) is 0 Å². The highest BCUT2D eigenvalue weighted by Gasteiger charge is 2.53. The lowest BCUT2D eigenvalue weighted by molar-refractivity contribution is 0.274. The van der Waals surface area contributed by atoms with E-state index in [0.717, 1.165) is 0 Å². The molecule has 0 saturated carbocycles. The van der Waals surface area contributed by atoms with Crippen LogP contribution in [-0.4, -0.2) is 27.6 Å². The monoisotopic (exact) mass is 292 g/mol. The van der Waals surface area contributed by atoms with Gasteiger partial charge in [0.05, 0.1) is 22.2 Å². The summed E-state index contributed by atoms with van der Waals surface area (Å²) in [7, 11) is -5.96. The van der Waals surface area contributed by atoms with Gasteiger partial charge in [-0.25, -0.2) is 0 Å². The fraction of sp³-hybridized carbons (Fsp3) is 0.900. The van der Waals surface area contributed by atoms with Gasteiger partial charge in [0.1, 0.15) is 6.61 Å². The van der Waals surface area contributed by atoms with E-state index >= 15 is 0 Å². The summed E-state index contributed by atoms with van der Waals surface area (Å²) in [5.41, 5.74) is 0. The molecule has 0 radical (unpaired) electrons. The SMILES string of the molecule is C[Si](C)(C)C(C#N)(CCO[P+](=O)O)[Si](C)(C)C. The van der Waals surface area contributed by atoms with E-state index in [4.69, 9.17) is 9.42 Å². The van der Waals surface area contributed by atoms with Crippen molar-refractivity contribution < 1.29 is 14.0 Å². The van der Waals surface area contributed by atoms with Crippen LogP contribution in [0.4, 0.5) is 0 Å². The zero-order chi connectivity index (χ0) is 13.9. The first-order valence-electron chi connectivity index (χ1n) is 5.68. The summed E-state index contributed by atoms with van der Waals surface area (Å²) in [6.45, 7) is 13.3. The Bertz CT molecular complexity index is 314. The van der Waals surface area contributed by atoms with Crippen LogP contribution in [0, 0.1) is 11.3 Å². The lowest BCUT2D eigenvalue weighted by atomic mass is 10.3. The maximum Gasteiger partial charge on any atom is 0.694 e. The van der Waals surface area contributed by atoms with Crippen molar-refractivity contribution in [2.75, 3.05) is 6.61 Å². The number of rotatable bonds is 6. The Hall–Kier alpha value is -0.0562. The summed E-state index contributed by atoms with van der Waals surface area (Å²) in [4.78, 5) is 8.65. The molecule has 0 amide bonds. The highest BCUT2D eigenvalue weighted by atomic mass is 31.1. The number of nitriles is 1. The Kier molecular flexibility index (Phi) is 5.70. The van der Waals surface area contributed by atoms with E-state index in [-0.39, 0.29) is 11.3 Å². The summed E-state index contributed by atoms with van der Waals surface area (Å²) < 4.78 is 15.0. The third-order valence-corrected chi connectivity index (χ3v) is 14.2. The molecule has 1 N–H and O–H groups in total. The zero-order valence-corrected chi connectivity index (χ0v) is 14.5. The zero-order valence-electron chi connectivity index (χ0n) is 11.6. The largest absolute Gasteiger partial charge is 0.694 e. The molecule has 17 heavy (non-hydrogen) atoms. The third kappa shape index (κ3) is 3.97. The van der Waals surface area contributed by atoms with Crippen molar-refractivity contribution in [2.45, 2.75) is 50.4 Å². The lowest BCUT2D eigenvalue weighted by Gasteiger charge is -2.46. The van der Waals surface area contributed by atoms with Gasteiger partial charge in [-0.05, 0) is 6.42 Å². The normalized spacial score (nSPS) is 14.4. The molecule has 0 spiro atoms. The topological polar surface area (TPSA) is 70.3 Å². The highest BCUT2D eigenvalue weighted by molar-refractivity contribution is 7.32. The van der Waals surface area contributed by atoms with Gasteiger partial charge in [0.2, 0.25) is 0 Å². The van der Waals surface area contributed by atoms with Gasteiger partial charge in [-0.3, -0.25) is 0 Å². The fourth-order valence-electron chi connectivity index (χ4n) is 2.54. The van der Waals surface area contributed by atoms with Gasteiger partial charge >= 0.3 is 8.25 Å². The van der Waals surface area contributed by atoms with E-state index in [1.165, 1.54) is 0 Å². The van der Waals surface area contributed by atoms with E-state index in [1.54, 1.807) is 0 Å². The molecule has 0 aliphatic carbocycles. The number of hydrogen-bond acceptors (Lipinski definition) is 3. The summed E-state index contributed by atoms with van der Waals surface area (Å²) in [6, 6.07) is 2.54. The van der Waals surface area contributed by atoms with Gasteiger partial charge in [0.15, 0.2) is 0 Å². The van der Waals surface area contributed by atoms with Crippen LogP contribution >= 0.6 is 8.25 Å². The molecule has 0 rings (SSSR count). The van der Waals surface area contributed by atoms with Crippen molar-refractivity contribution in [1.29, 1.82) is 5.26 Å². The summed E-state index contributed by atoms with van der Waals surface area (Å²) in [5, 5.41) is 9.64. The molecule has 1 unspecified atom stereocenters. The van der Waals surface area contributed by atoms with Crippen LogP contribution in [0.15, 0.2) is 0 Å². The van der Waals surface area contributed by atoms with Crippen LogP contribution < -0.4 is 0 Å². The van der Waals surface area contributed by atoms with Crippen molar-refractivity contribution in [3.63, 3.8) is 0 Å². The maximum atomic E-state index is 10.5. The first kappa shape index (κ1) is 16.9. The molecule has 1 atom stereocenters. The molecule has 98 valence electrons. The molecular weight excluding hydrogens is 269 g/mol. The molecule has 0 aromatic rings. The number of hydrogen-bond donors (Lipinski definition) is 1. The molecule has 0 aromatic heterocycles. The Morgan fingerprint density at radius 3 is 1.88 bits per heavy atom. The third-order valence-electron chi connectivity index (χ3n) is 3.43. The number of nitrogens with zero attached hydrogens (tertiary/aromatic N) is 1. The Morgan fingerprint density at radius 1 is 1.24 bits per heavy atom. The molecule has 0 aliphatic rings. The van der Waals surface area contributed by atoms with Crippen LogP contribution in [0.25, 0.3) is 0 Å². The van der Waals surface area contributed by atoms with E-state index in [1.807, 2.05) is 0 Å². The summed E-state index contributed by atoms with van der Waals surface area (Å²) >= 11 is 0. The minimum absolute atomic E-state index is 0.188. The highest BCUT2D eigenvalue weighted by Crippen LogP contribution is 2.49. The molecular formula is C10H23NO3PSi2+. The second kappa shape index (κ2) is 5.72. The van der Waals surface area contributed by atoms with E-state index < -0.39 is 24.4 Å². The Balaban J connectivity index is 5.13. The minimum atomic E-state index is -2.56. The van der Waals surface area contributed by atoms with Crippen molar-refractivity contribution in [2.24, 2.45) is 0 Å². The first-order chi connectivity index (χ1) is 7.48. The predicted molar refractivity (Wildman–Crippen MR) is 75.4 cm³/mol.